The fourth-order valence-electron chi connectivity index (χ4n) is 3.67. The molecule has 1 saturated carbocycles. The highest BCUT2D eigenvalue weighted by Gasteiger charge is 2.23. The molecule has 0 radical (unpaired) electrons. The van der Waals surface area contributed by atoms with E-state index in [0.717, 1.165) is 76.0 Å². The largest absolute Gasteiger partial charge is 0.378 e. The predicted octanol–water partition coefficient (Wildman–Crippen LogP) is 3.58. The molecule has 0 N–H and O–H groups in total. The van der Waals surface area contributed by atoms with E-state index >= 15 is 0 Å². The summed E-state index contributed by atoms with van der Waals surface area (Å²) in [7, 11) is 0. The monoisotopic (exact) mass is 321 g/mol. The Hall–Kier alpha value is -0.940. The van der Waals surface area contributed by atoms with Crippen molar-refractivity contribution in [1.82, 2.24) is 15.0 Å². The summed E-state index contributed by atoms with van der Waals surface area (Å²) in [4.78, 5) is 6.92. The minimum atomic E-state index is 0.456. The normalized spacial score (nSPS) is 21.3. The van der Waals surface area contributed by atoms with Crippen molar-refractivity contribution in [2.45, 2.75) is 77.4 Å². The van der Waals surface area contributed by atoms with Crippen LogP contribution in [0.4, 0.5) is 0 Å². The highest BCUT2D eigenvalue weighted by Crippen LogP contribution is 2.26. The van der Waals surface area contributed by atoms with Gasteiger partial charge in [0, 0.05) is 26.1 Å². The molecule has 2 fully saturated rings. The van der Waals surface area contributed by atoms with Crippen molar-refractivity contribution in [3.8, 4) is 0 Å². The van der Waals surface area contributed by atoms with Crippen molar-refractivity contribution in [1.29, 1.82) is 0 Å². The number of piperidine rings is 1. The summed E-state index contributed by atoms with van der Waals surface area (Å²) in [5.74, 6) is 2.45. The van der Waals surface area contributed by atoms with Crippen LogP contribution in [0.3, 0.4) is 0 Å². The number of rotatable bonds is 8. The zero-order chi connectivity index (χ0) is 15.9. The van der Waals surface area contributed by atoms with Gasteiger partial charge >= 0.3 is 0 Å². The van der Waals surface area contributed by atoms with Crippen molar-refractivity contribution in [2.24, 2.45) is 5.92 Å². The molecule has 5 heteroatoms. The number of aromatic nitrogens is 2. The maximum Gasteiger partial charge on any atom is 0.226 e. The lowest BCUT2D eigenvalue weighted by Gasteiger charge is -2.31. The zero-order valence-electron chi connectivity index (χ0n) is 14.5. The minimum Gasteiger partial charge on any atom is -0.378 e. The number of likely N-dealkylation sites (tertiary alicyclic amines) is 1. The molecular formula is C18H31N3O2. The van der Waals surface area contributed by atoms with Crippen LogP contribution in [0.2, 0.25) is 0 Å². The number of hydrogen-bond donors (Lipinski definition) is 0. The maximum atomic E-state index is 6.14. The smallest absolute Gasteiger partial charge is 0.226 e. The topological polar surface area (TPSA) is 51.4 Å². The van der Waals surface area contributed by atoms with Gasteiger partial charge in [-0.25, -0.2) is 0 Å². The van der Waals surface area contributed by atoms with Crippen LogP contribution < -0.4 is 0 Å². The van der Waals surface area contributed by atoms with E-state index in [1.807, 2.05) is 0 Å². The Kier molecular flexibility index (Phi) is 6.46. The SMILES string of the molecule is CCCCc1nc(CN2CCC(OCC3CCCC3)CC2)no1. The molecule has 0 bridgehead atoms. The second-order valence-corrected chi connectivity index (χ2v) is 7.17. The third kappa shape index (κ3) is 5.28. The van der Waals surface area contributed by atoms with Gasteiger partial charge in [-0.15, -0.1) is 0 Å². The third-order valence-electron chi connectivity index (χ3n) is 5.20. The van der Waals surface area contributed by atoms with E-state index in [0.29, 0.717) is 6.10 Å². The van der Waals surface area contributed by atoms with Crippen LogP contribution in [0.1, 0.15) is 70.0 Å². The summed E-state index contributed by atoms with van der Waals surface area (Å²) in [6.07, 6.45) is 11.4. The molecule has 1 aliphatic carbocycles. The van der Waals surface area contributed by atoms with Gasteiger partial charge in [-0.1, -0.05) is 31.3 Å². The molecule has 2 aliphatic rings. The van der Waals surface area contributed by atoms with Gasteiger partial charge in [-0.05, 0) is 38.0 Å². The van der Waals surface area contributed by atoms with Gasteiger partial charge in [0.25, 0.3) is 0 Å². The number of ether oxygens (including phenoxy) is 1. The second kappa shape index (κ2) is 8.78. The molecule has 0 unspecified atom stereocenters. The Balaban J connectivity index is 1.34. The maximum absolute atomic E-state index is 6.14. The quantitative estimate of drug-likeness (QED) is 0.732. The Morgan fingerprint density at radius 3 is 2.70 bits per heavy atom. The van der Waals surface area contributed by atoms with Crippen LogP contribution in [0.15, 0.2) is 4.52 Å². The van der Waals surface area contributed by atoms with E-state index in [-0.39, 0.29) is 0 Å². The molecule has 0 amide bonds. The molecule has 5 nitrogen and oxygen atoms in total. The molecule has 1 aliphatic heterocycles. The van der Waals surface area contributed by atoms with Gasteiger partial charge in [0.2, 0.25) is 5.89 Å². The molecule has 0 atom stereocenters. The van der Waals surface area contributed by atoms with Crippen LogP contribution in [-0.4, -0.2) is 40.8 Å². The lowest BCUT2D eigenvalue weighted by atomic mass is 10.1. The van der Waals surface area contributed by atoms with Gasteiger partial charge in [-0.3, -0.25) is 4.90 Å². The average Bonchev–Trinajstić information content (AvgIpc) is 3.24. The van der Waals surface area contributed by atoms with Crippen molar-refractivity contribution in [3.05, 3.63) is 11.7 Å². The summed E-state index contributed by atoms with van der Waals surface area (Å²) < 4.78 is 11.4. The highest BCUT2D eigenvalue weighted by atomic mass is 16.5. The first kappa shape index (κ1) is 16.9. The number of nitrogens with zero attached hydrogens (tertiary/aromatic N) is 3. The van der Waals surface area contributed by atoms with E-state index < -0.39 is 0 Å². The standard InChI is InChI=1S/C18H31N3O2/c1-2-3-8-18-19-17(20-23-18)13-21-11-9-16(10-12-21)22-14-15-6-4-5-7-15/h15-16H,2-14H2,1H3. The van der Waals surface area contributed by atoms with Crippen LogP contribution in [-0.2, 0) is 17.7 Å². The Bertz CT molecular complexity index is 449. The van der Waals surface area contributed by atoms with E-state index in [1.165, 1.54) is 25.7 Å². The summed E-state index contributed by atoms with van der Waals surface area (Å²) in [6, 6.07) is 0. The molecule has 2 heterocycles. The molecule has 0 spiro atoms. The fourth-order valence-corrected chi connectivity index (χ4v) is 3.67. The van der Waals surface area contributed by atoms with E-state index in [2.05, 4.69) is 22.0 Å². The molecule has 0 aromatic carbocycles. The Morgan fingerprint density at radius 1 is 1.17 bits per heavy atom. The predicted molar refractivity (Wildman–Crippen MR) is 89.1 cm³/mol. The van der Waals surface area contributed by atoms with Crippen molar-refractivity contribution in [2.75, 3.05) is 19.7 Å². The number of aryl methyl sites for hydroxylation is 1. The average molecular weight is 321 g/mol. The first-order chi connectivity index (χ1) is 11.3. The van der Waals surface area contributed by atoms with Gasteiger partial charge in [0.1, 0.15) is 0 Å². The zero-order valence-corrected chi connectivity index (χ0v) is 14.5. The number of unbranched alkanes of at least 4 members (excludes halogenated alkanes) is 1. The summed E-state index contributed by atoms with van der Waals surface area (Å²) in [6.45, 7) is 6.12. The lowest BCUT2D eigenvalue weighted by Crippen LogP contribution is -2.37. The van der Waals surface area contributed by atoms with Gasteiger partial charge in [-0.2, -0.15) is 4.98 Å². The van der Waals surface area contributed by atoms with Crippen LogP contribution in [0.25, 0.3) is 0 Å². The van der Waals surface area contributed by atoms with E-state index in [4.69, 9.17) is 9.26 Å². The van der Waals surface area contributed by atoms with E-state index in [1.54, 1.807) is 0 Å². The highest BCUT2D eigenvalue weighted by molar-refractivity contribution is 4.88. The van der Waals surface area contributed by atoms with Crippen LogP contribution >= 0.6 is 0 Å². The number of hydrogen-bond acceptors (Lipinski definition) is 5. The molecular weight excluding hydrogens is 290 g/mol. The Morgan fingerprint density at radius 2 is 1.96 bits per heavy atom. The molecule has 3 rings (SSSR count). The minimum absolute atomic E-state index is 0.456. The van der Waals surface area contributed by atoms with Crippen molar-refractivity contribution >= 4 is 0 Å². The summed E-state index contributed by atoms with van der Waals surface area (Å²) >= 11 is 0. The van der Waals surface area contributed by atoms with Gasteiger partial charge < -0.3 is 9.26 Å². The second-order valence-electron chi connectivity index (χ2n) is 7.17. The summed E-state index contributed by atoms with van der Waals surface area (Å²) in [5, 5.41) is 4.11. The molecule has 1 aromatic heterocycles. The molecule has 1 saturated heterocycles. The first-order valence-electron chi connectivity index (χ1n) is 9.49. The van der Waals surface area contributed by atoms with Crippen molar-refractivity contribution < 1.29 is 9.26 Å². The molecule has 1 aromatic rings. The van der Waals surface area contributed by atoms with Crippen LogP contribution in [0, 0.1) is 5.92 Å². The summed E-state index contributed by atoms with van der Waals surface area (Å²) in [5.41, 5.74) is 0. The molecule has 130 valence electrons. The van der Waals surface area contributed by atoms with Crippen LogP contribution in [0.5, 0.6) is 0 Å². The van der Waals surface area contributed by atoms with E-state index in [9.17, 15) is 0 Å². The van der Waals surface area contributed by atoms with Gasteiger partial charge in [0.15, 0.2) is 5.82 Å². The first-order valence-corrected chi connectivity index (χ1v) is 9.49. The lowest BCUT2D eigenvalue weighted by molar-refractivity contribution is -0.0101. The Labute approximate surface area is 139 Å². The fraction of sp³-hybridized carbons (Fsp3) is 0.889. The van der Waals surface area contributed by atoms with Crippen molar-refractivity contribution in [3.63, 3.8) is 0 Å². The molecule has 23 heavy (non-hydrogen) atoms. The third-order valence-corrected chi connectivity index (χ3v) is 5.20. The van der Waals surface area contributed by atoms with Gasteiger partial charge in [0.05, 0.1) is 12.6 Å².